The van der Waals surface area contributed by atoms with Crippen molar-refractivity contribution in [2.45, 2.75) is 31.3 Å². The SMILES string of the molecule is Brc1ccc(N2CCC(NC3CC3)C2)nc1. The zero-order chi connectivity index (χ0) is 11.0. The summed E-state index contributed by atoms with van der Waals surface area (Å²) < 4.78 is 1.04. The summed E-state index contributed by atoms with van der Waals surface area (Å²) in [4.78, 5) is 6.81. The van der Waals surface area contributed by atoms with E-state index in [1.165, 1.54) is 19.3 Å². The van der Waals surface area contributed by atoms with Gasteiger partial charge in [0.1, 0.15) is 5.82 Å². The zero-order valence-electron chi connectivity index (χ0n) is 9.19. The summed E-state index contributed by atoms with van der Waals surface area (Å²) in [5, 5.41) is 3.69. The molecule has 2 fully saturated rings. The molecule has 2 aliphatic rings. The molecule has 1 atom stereocenters. The van der Waals surface area contributed by atoms with Crippen molar-refractivity contribution in [1.29, 1.82) is 0 Å². The number of nitrogens with one attached hydrogen (secondary N) is 1. The Bertz CT molecular complexity index is 361. The number of nitrogens with zero attached hydrogens (tertiary/aromatic N) is 2. The lowest BCUT2D eigenvalue weighted by molar-refractivity contribution is 0.548. The number of anilines is 1. The van der Waals surface area contributed by atoms with E-state index in [0.29, 0.717) is 6.04 Å². The summed E-state index contributed by atoms with van der Waals surface area (Å²) >= 11 is 3.41. The van der Waals surface area contributed by atoms with Crippen LogP contribution in [0.4, 0.5) is 5.82 Å². The van der Waals surface area contributed by atoms with E-state index in [1.54, 1.807) is 0 Å². The summed E-state index contributed by atoms with van der Waals surface area (Å²) in [6, 6.07) is 5.62. The molecule has 1 aliphatic carbocycles. The molecule has 0 bridgehead atoms. The van der Waals surface area contributed by atoms with Gasteiger partial charge in [0.05, 0.1) is 0 Å². The first-order chi connectivity index (χ1) is 7.81. The lowest BCUT2D eigenvalue weighted by atomic mass is 10.2. The fourth-order valence-electron chi connectivity index (χ4n) is 2.24. The van der Waals surface area contributed by atoms with Gasteiger partial charge in [-0.3, -0.25) is 0 Å². The van der Waals surface area contributed by atoms with Crippen LogP contribution in [0.5, 0.6) is 0 Å². The third kappa shape index (κ3) is 2.38. The topological polar surface area (TPSA) is 28.2 Å². The second-order valence-electron chi connectivity index (χ2n) is 4.71. The van der Waals surface area contributed by atoms with E-state index in [4.69, 9.17) is 0 Å². The van der Waals surface area contributed by atoms with Crippen LogP contribution in [0.1, 0.15) is 19.3 Å². The maximum Gasteiger partial charge on any atom is 0.128 e. The van der Waals surface area contributed by atoms with Crippen molar-refractivity contribution in [1.82, 2.24) is 10.3 Å². The van der Waals surface area contributed by atoms with E-state index < -0.39 is 0 Å². The lowest BCUT2D eigenvalue weighted by Crippen LogP contribution is -2.34. The predicted molar refractivity (Wildman–Crippen MR) is 68.7 cm³/mol. The van der Waals surface area contributed by atoms with Crippen LogP contribution in [0, 0.1) is 0 Å². The van der Waals surface area contributed by atoms with Gasteiger partial charge in [0, 0.05) is 35.8 Å². The van der Waals surface area contributed by atoms with Gasteiger partial charge in [-0.1, -0.05) is 0 Å². The summed E-state index contributed by atoms with van der Waals surface area (Å²) in [5.41, 5.74) is 0. The average Bonchev–Trinajstić information content (AvgIpc) is 2.97. The molecule has 4 heteroatoms. The van der Waals surface area contributed by atoms with Crippen LogP contribution < -0.4 is 10.2 Å². The van der Waals surface area contributed by atoms with Crippen LogP contribution in [0.15, 0.2) is 22.8 Å². The van der Waals surface area contributed by atoms with Gasteiger partial charge in [-0.05, 0) is 47.3 Å². The Hall–Kier alpha value is -0.610. The molecule has 2 heterocycles. The molecule has 1 N–H and O–H groups in total. The first-order valence-corrected chi connectivity index (χ1v) is 6.73. The summed E-state index contributed by atoms with van der Waals surface area (Å²) in [7, 11) is 0. The quantitative estimate of drug-likeness (QED) is 0.921. The Labute approximate surface area is 104 Å². The second kappa shape index (κ2) is 4.34. The van der Waals surface area contributed by atoms with Gasteiger partial charge in [-0.15, -0.1) is 0 Å². The van der Waals surface area contributed by atoms with Crippen molar-refractivity contribution >= 4 is 21.7 Å². The molecule has 0 amide bonds. The van der Waals surface area contributed by atoms with E-state index in [9.17, 15) is 0 Å². The Balaban J connectivity index is 1.61. The molecular weight excluding hydrogens is 266 g/mol. The van der Waals surface area contributed by atoms with E-state index in [-0.39, 0.29) is 0 Å². The Morgan fingerprint density at radius 3 is 2.81 bits per heavy atom. The molecule has 1 aromatic rings. The zero-order valence-corrected chi connectivity index (χ0v) is 10.8. The maximum atomic E-state index is 4.44. The van der Waals surface area contributed by atoms with Crippen molar-refractivity contribution in [2.24, 2.45) is 0 Å². The van der Waals surface area contributed by atoms with E-state index in [1.807, 2.05) is 6.20 Å². The fourth-order valence-corrected chi connectivity index (χ4v) is 2.48. The van der Waals surface area contributed by atoms with Crippen LogP contribution in [-0.4, -0.2) is 30.2 Å². The van der Waals surface area contributed by atoms with E-state index in [0.717, 1.165) is 29.4 Å². The first-order valence-electron chi connectivity index (χ1n) is 5.94. The standard InChI is InChI=1S/C12H16BrN3/c13-9-1-4-12(14-7-9)16-6-5-11(8-16)15-10-2-3-10/h1,4,7,10-11,15H,2-3,5-6,8H2. The summed E-state index contributed by atoms with van der Waals surface area (Å²) in [5.74, 6) is 1.10. The summed E-state index contributed by atoms with van der Waals surface area (Å²) in [6.45, 7) is 2.23. The van der Waals surface area contributed by atoms with Gasteiger partial charge >= 0.3 is 0 Å². The van der Waals surface area contributed by atoms with Crippen molar-refractivity contribution in [3.8, 4) is 0 Å². The minimum atomic E-state index is 0.665. The van der Waals surface area contributed by atoms with E-state index >= 15 is 0 Å². The number of aromatic nitrogens is 1. The smallest absolute Gasteiger partial charge is 0.128 e. The molecule has 1 saturated carbocycles. The molecule has 1 aliphatic heterocycles. The van der Waals surface area contributed by atoms with Gasteiger partial charge in [-0.2, -0.15) is 0 Å². The number of halogens is 1. The number of rotatable bonds is 3. The highest BCUT2D eigenvalue weighted by molar-refractivity contribution is 9.10. The minimum Gasteiger partial charge on any atom is -0.355 e. The van der Waals surface area contributed by atoms with Crippen molar-refractivity contribution in [2.75, 3.05) is 18.0 Å². The predicted octanol–water partition coefficient (Wildman–Crippen LogP) is 2.17. The Kier molecular flexibility index (Phi) is 2.86. The van der Waals surface area contributed by atoms with Crippen molar-refractivity contribution < 1.29 is 0 Å². The van der Waals surface area contributed by atoms with Crippen LogP contribution in [0.25, 0.3) is 0 Å². The van der Waals surface area contributed by atoms with Crippen LogP contribution in [0.2, 0.25) is 0 Å². The molecule has 1 saturated heterocycles. The van der Waals surface area contributed by atoms with Gasteiger partial charge in [0.2, 0.25) is 0 Å². The van der Waals surface area contributed by atoms with Gasteiger partial charge in [-0.25, -0.2) is 4.98 Å². The third-order valence-electron chi connectivity index (χ3n) is 3.27. The molecule has 3 rings (SSSR count). The number of pyridine rings is 1. The van der Waals surface area contributed by atoms with Gasteiger partial charge in [0.15, 0.2) is 0 Å². The maximum absolute atomic E-state index is 4.44. The van der Waals surface area contributed by atoms with Crippen LogP contribution in [-0.2, 0) is 0 Å². The minimum absolute atomic E-state index is 0.665. The van der Waals surface area contributed by atoms with Crippen LogP contribution in [0.3, 0.4) is 0 Å². The number of hydrogen-bond donors (Lipinski definition) is 1. The molecule has 0 spiro atoms. The Morgan fingerprint density at radius 1 is 1.25 bits per heavy atom. The Morgan fingerprint density at radius 2 is 2.12 bits per heavy atom. The molecule has 0 aromatic carbocycles. The largest absolute Gasteiger partial charge is 0.355 e. The molecular formula is C12H16BrN3. The van der Waals surface area contributed by atoms with Gasteiger partial charge in [0.25, 0.3) is 0 Å². The average molecular weight is 282 g/mol. The lowest BCUT2D eigenvalue weighted by Gasteiger charge is -2.17. The summed E-state index contributed by atoms with van der Waals surface area (Å²) in [6.07, 6.45) is 5.85. The van der Waals surface area contributed by atoms with Crippen LogP contribution >= 0.6 is 15.9 Å². The fraction of sp³-hybridized carbons (Fsp3) is 0.583. The van der Waals surface area contributed by atoms with E-state index in [2.05, 4.69) is 43.3 Å². The normalized spacial score (nSPS) is 25.1. The van der Waals surface area contributed by atoms with Crippen molar-refractivity contribution in [3.05, 3.63) is 22.8 Å². The second-order valence-corrected chi connectivity index (χ2v) is 5.62. The highest BCUT2D eigenvalue weighted by Gasteiger charge is 2.29. The molecule has 1 aromatic heterocycles. The highest BCUT2D eigenvalue weighted by Crippen LogP contribution is 2.24. The third-order valence-corrected chi connectivity index (χ3v) is 3.74. The molecule has 86 valence electrons. The first kappa shape index (κ1) is 10.5. The van der Waals surface area contributed by atoms with Crippen molar-refractivity contribution in [3.63, 3.8) is 0 Å². The molecule has 16 heavy (non-hydrogen) atoms. The monoisotopic (exact) mass is 281 g/mol. The molecule has 1 unspecified atom stereocenters. The highest BCUT2D eigenvalue weighted by atomic mass is 79.9. The molecule has 0 radical (unpaired) electrons. The van der Waals surface area contributed by atoms with Gasteiger partial charge < -0.3 is 10.2 Å². The number of hydrogen-bond acceptors (Lipinski definition) is 3. The molecule has 3 nitrogen and oxygen atoms in total.